The summed E-state index contributed by atoms with van der Waals surface area (Å²) in [4.78, 5) is 11.6. The number of benzene rings is 1. The van der Waals surface area contributed by atoms with Gasteiger partial charge in [-0.2, -0.15) is 0 Å². The van der Waals surface area contributed by atoms with Crippen LogP contribution in [0.5, 0.6) is 0 Å². The predicted octanol–water partition coefficient (Wildman–Crippen LogP) is 2.86. The SMILES string of the molecule is CC(N)C(=O)c1ccc(C2CC2)c(Br)c1. The lowest BCUT2D eigenvalue weighted by atomic mass is 10.0. The van der Waals surface area contributed by atoms with E-state index in [-0.39, 0.29) is 5.78 Å². The quantitative estimate of drug-likeness (QED) is 0.856. The Morgan fingerprint density at radius 2 is 2.20 bits per heavy atom. The summed E-state index contributed by atoms with van der Waals surface area (Å²) in [6.45, 7) is 1.71. The molecule has 2 N–H and O–H groups in total. The summed E-state index contributed by atoms with van der Waals surface area (Å²) in [6.07, 6.45) is 2.53. The smallest absolute Gasteiger partial charge is 0.179 e. The molecule has 1 atom stereocenters. The monoisotopic (exact) mass is 267 g/mol. The summed E-state index contributed by atoms with van der Waals surface area (Å²) in [5.41, 5.74) is 7.57. The maximum absolute atomic E-state index is 11.6. The van der Waals surface area contributed by atoms with E-state index in [1.165, 1.54) is 18.4 Å². The van der Waals surface area contributed by atoms with Crippen LogP contribution in [0.15, 0.2) is 22.7 Å². The standard InChI is InChI=1S/C12H14BrNO/c1-7(14)12(15)9-4-5-10(8-2-3-8)11(13)6-9/h4-8H,2-3,14H2,1H3. The molecule has 1 aliphatic rings. The van der Waals surface area contributed by atoms with Gasteiger partial charge in [-0.05, 0) is 37.3 Å². The van der Waals surface area contributed by atoms with Gasteiger partial charge >= 0.3 is 0 Å². The van der Waals surface area contributed by atoms with Gasteiger partial charge in [-0.1, -0.05) is 28.1 Å². The summed E-state index contributed by atoms with van der Waals surface area (Å²) in [5, 5.41) is 0. The van der Waals surface area contributed by atoms with Crippen molar-refractivity contribution in [3.05, 3.63) is 33.8 Å². The summed E-state index contributed by atoms with van der Waals surface area (Å²) in [7, 11) is 0. The number of nitrogens with two attached hydrogens (primary N) is 1. The lowest BCUT2D eigenvalue weighted by molar-refractivity contribution is 0.0968. The summed E-state index contributed by atoms with van der Waals surface area (Å²) >= 11 is 3.51. The van der Waals surface area contributed by atoms with Gasteiger partial charge in [-0.25, -0.2) is 0 Å². The fraction of sp³-hybridized carbons (Fsp3) is 0.417. The van der Waals surface area contributed by atoms with E-state index in [2.05, 4.69) is 15.9 Å². The number of hydrogen-bond donors (Lipinski definition) is 1. The Morgan fingerprint density at radius 3 is 2.67 bits per heavy atom. The molecule has 0 spiro atoms. The Balaban J connectivity index is 2.28. The van der Waals surface area contributed by atoms with Crippen molar-refractivity contribution >= 4 is 21.7 Å². The van der Waals surface area contributed by atoms with Crippen LogP contribution >= 0.6 is 15.9 Å². The molecular formula is C12H14BrNO. The van der Waals surface area contributed by atoms with Crippen molar-refractivity contribution in [1.82, 2.24) is 0 Å². The zero-order chi connectivity index (χ0) is 11.0. The van der Waals surface area contributed by atoms with Gasteiger partial charge in [0.2, 0.25) is 0 Å². The lowest BCUT2D eigenvalue weighted by Crippen LogP contribution is -2.26. The fourth-order valence-electron chi connectivity index (χ4n) is 1.67. The van der Waals surface area contributed by atoms with Crippen molar-refractivity contribution in [3.8, 4) is 0 Å². The average Bonchev–Trinajstić information content (AvgIpc) is 3.00. The maximum Gasteiger partial charge on any atom is 0.179 e. The van der Waals surface area contributed by atoms with E-state index in [1.54, 1.807) is 6.92 Å². The Hall–Kier alpha value is -0.670. The molecule has 0 aliphatic heterocycles. The topological polar surface area (TPSA) is 43.1 Å². The predicted molar refractivity (Wildman–Crippen MR) is 64.1 cm³/mol. The Bertz CT molecular complexity index is 397. The normalized spacial score (nSPS) is 17.5. The fourth-order valence-corrected chi connectivity index (χ4v) is 2.37. The first-order valence-corrected chi connectivity index (χ1v) is 5.98. The molecule has 0 saturated heterocycles. The largest absolute Gasteiger partial charge is 0.321 e. The molecule has 0 amide bonds. The third kappa shape index (κ3) is 2.29. The van der Waals surface area contributed by atoms with Gasteiger partial charge in [0, 0.05) is 10.0 Å². The van der Waals surface area contributed by atoms with Crippen molar-refractivity contribution in [1.29, 1.82) is 0 Å². The van der Waals surface area contributed by atoms with E-state index in [0.29, 0.717) is 11.5 Å². The number of Topliss-reactive ketones (excluding diaryl/α,β-unsaturated/α-hetero) is 1. The van der Waals surface area contributed by atoms with Crippen LogP contribution < -0.4 is 5.73 Å². The van der Waals surface area contributed by atoms with Gasteiger partial charge in [0.05, 0.1) is 6.04 Å². The number of rotatable bonds is 3. The van der Waals surface area contributed by atoms with Gasteiger partial charge in [-0.3, -0.25) is 4.79 Å². The van der Waals surface area contributed by atoms with Gasteiger partial charge < -0.3 is 5.73 Å². The van der Waals surface area contributed by atoms with Gasteiger partial charge in [0.25, 0.3) is 0 Å². The molecule has 0 radical (unpaired) electrons. The molecule has 3 heteroatoms. The van der Waals surface area contributed by atoms with Crippen LogP contribution in [-0.2, 0) is 0 Å². The number of hydrogen-bond acceptors (Lipinski definition) is 2. The third-order valence-corrected chi connectivity index (χ3v) is 3.40. The molecule has 1 unspecified atom stereocenters. The highest BCUT2D eigenvalue weighted by molar-refractivity contribution is 9.10. The molecule has 0 aromatic heterocycles. The summed E-state index contributed by atoms with van der Waals surface area (Å²) in [6, 6.07) is 5.38. The Kier molecular flexibility index (Phi) is 2.94. The van der Waals surface area contributed by atoms with Crippen LogP contribution in [0, 0.1) is 0 Å². The van der Waals surface area contributed by atoms with Gasteiger partial charge in [0.15, 0.2) is 5.78 Å². The molecule has 1 aromatic rings. The van der Waals surface area contributed by atoms with Crippen molar-refractivity contribution in [3.63, 3.8) is 0 Å². The maximum atomic E-state index is 11.6. The number of carbonyl (C=O) groups is 1. The third-order valence-electron chi connectivity index (χ3n) is 2.72. The minimum Gasteiger partial charge on any atom is -0.321 e. The zero-order valence-corrected chi connectivity index (χ0v) is 10.3. The highest BCUT2D eigenvalue weighted by atomic mass is 79.9. The van der Waals surface area contributed by atoms with Crippen LogP contribution in [-0.4, -0.2) is 11.8 Å². The number of halogens is 1. The van der Waals surface area contributed by atoms with Crippen LogP contribution in [0.1, 0.15) is 41.6 Å². The minimum absolute atomic E-state index is 0.00181. The van der Waals surface area contributed by atoms with Crippen LogP contribution in [0.2, 0.25) is 0 Å². The zero-order valence-electron chi connectivity index (χ0n) is 8.66. The van der Waals surface area contributed by atoms with Crippen molar-refractivity contribution < 1.29 is 4.79 Å². The molecular weight excluding hydrogens is 254 g/mol. The lowest BCUT2D eigenvalue weighted by Gasteiger charge is -2.07. The molecule has 1 aliphatic carbocycles. The number of ketones is 1. The molecule has 80 valence electrons. The molecule has 0 heterocycles. The van der Waals surface area contributed by atoms with E-state index >= 15 is 0 Å². The van der Waals surface area contributed by atoms with E-state index < -0.39 is 6.04 Å². The van der Waals surface area contributed by atoms with Crippen LogP contribution in [0.25, 0.3) is 0 Å². The van der Waals surface area contributed by atoms with Crippen molar-refractivity contribution in [2.45, 2.75) is 31.7 Å². The average molecular weight is 268 g/mol. The van der Waals surface area contributed by atoms with E-state index in [9.17, 15) is 4.79 Å². The van der Waals surface area contributed by atoms with Crippen molar-refractivity contribution in [2.24, 2.45) is 5.73 Å². The van der Waals surface area contributed by atoms with E-state index in [0.717, 1.165) is 4.47 Å². The van der Waals surface area contributed by atoms with E-state index in [4.69, 9.17) is 5.73 Å². The Morgan fingerprint density at radius 1 is 1.53 bits per heavy atom. The first-order chi connectivity index (χ1) is 7.09. The summed E-state index contributed by atoms with van der Waals surface area (Å²) in [5.74, 6) is 0.692. The Labute approximate surface area is 98.0 Å². The van der Waals surface area contributed by atoms with Crippen LogP contribution in [0.3, 0.4) is 0 Å². The van der Waals surface area contributed by atoms with Gasteiger partial charge in [-0.15, -0.1) is 0 Å². The van der Waals surface area contributed by atoms with Crippen molar-refractivity contribution in [2.75, 3.05) is 0 Å². The second kappa shape index (κ2) is 4.06. The molecule has 2 rings (SSSR count). The first-order valence-electron chi connectivity index (χ1n) is 5.19. The van der Waals surface area contributed by atoms with Gasteiger partial charge in [0.1, 0.15) is 0 Å². The van der Waals surface area contributed by atoms with Crippen LogP contribution in [0.4, 0.5) is 0 Å². The molecule has 1 aromatic carbocycles. The van der Waals surface area contributed by atoms with E-state index in [1.807, 2.05) is 18.2 Å². The number of carbonyl (C=O) groups excluding carboxylic acids is 1. The second-order valence-corrected chi connectivity index (χ2v) is 5.02. The second-order valence-electron chi connectivity index (χ2n) is 4.16. The molecule has 0 bridgehead atoms. The first kappa shape index (κ1) is 10.8. The summed E-state index contributed by atoms with van der Waals surface area (Å²) < 4.78 is 1.04. The highest BCUT2D eigenvalue weighted by Gasteiger charge is 2.26. The molecule has 1 fully saturated rings. The minimum atomic E-state index is -0.427. The molecule has 2 nitrogen and oxygen atoms in total. The highest BCUT2D eigenvalue weighted by Crippen LogP contribution is 2.43. The molecule has 1 saturated carbocycles. The molecule has 15 heavy (non-hydrogen) atoms.